The zero-order chi connectivity index (χ0) is 17.7. The van der Waals surface area contributed by atoms with E-state index in [1.807, 2.05) is 30.3 Å². The third-order valence-electron chi connectivity index (χ3n) is 5.25. The molecule has 1 aromatic heterocycles. The molecule has 0 saturated heterocycles. The average Bonchev–Trinajstić information content (AvgIpc) is 3.02. The third-order valence-corrected chi connectivity index (χ3v) is 5.25. The number of aromatic nitrogens is 1. The molecule has 0 radical (unpaired) electrons. The van der Waals surface area contributed by atoms with Crippen molar-refractivity contribution < 1.29 is 9.90 Å². The van der Waals surface area contributed by atoms with Gasteiger partial charge in [0, 0.05) is 23.1 Å². The van der Waals surface area contributed by atoms with Gasteiger partial charge < -0.3 is 9.67 Å². The van der Waals surface area contributed by atoms with E-state index < -0.39 is 5.97 Å². The second-order valence-electron chi connectivity index (χ2n) is 6.69. The lowest BCUT2D eigenvalue weighted by atomic mass is 9.93. The third kappa shape index (κ3) is 2.10. The van der Waals surface area contributed by atoms with Gasteiger partial charge in [-0.1, -0.05) is 60.7 Å². The number of carboxylic acids is 1. The topological polar surface area (TPSA) is 42.2 Å². The summed E-state index contributed by atoms with van der Waals surface area (Å²) in [5.41, 5.74) is 7.44. The van der Waals surface area contributed by atoms with Gasteiger partial charge in [-0.25, -0.2) is 4.79 Å². The number of carbonyl (C=O) groups is 1. The van der Waals surface area contributed by atoms with Gasteiger partial charge in [0.25, 0.3) is 0 Å². The number of hydrogen-bond donors (Lipinski definition) is 1. The first-order valence-corrected chi connectivity index (χ1v) is 8.77. The molecule has 0 fully saturated rings. The predicted molar refractivity (Wildman–Crippen MR) is 103 cm³/mol. The fourth-order valence-electron chi connectivity index (χ4n) is 4.09. The maximum absolute atomic E-state index is 11.5. The standard InChI is InChI=1S/C23H17NO2/c25-23(26)17-10-11-19-20(14-17)24-13-12-15-6-4-5-9-18(15)22(24)21(19)16-7-2-1-3-8-16/h1-11,14H,12-13H2,(H,25,26). The van der Waals surface area contributed by atoms with Crippen LogP contribution in [0, 0.1) is 0 Å². The quantitative estimate of drug-likeness (QED) is 0.543. The van der Waals surface area contributed by atoms with Gasteiger partial charge >= 0.3 is 5.97 Å². The minimum atomic E-state index is -0.889. The summed E-state index contributed by atoms with van der Waals surface area (Å²) in [6.07, 6.45) is 0.957. The maximum atomic E-state index is 11.5. The summed E-state index contributed by atoms with van der Waals surface area (Å²) >= 11 is 0. The highest BCUT2D eigenvalue weighted by atomic mass is 16.4. The van der Waals surface area contributed by atoms with E-state index in [9.17, 15) is 9.90 Å². The summed E-state index contributed by atoms with van der Waals surface area (Å²) in [6.45, 7) is 0.860. The Morgan fingerprint density at radius 2 is 1.69 bits per heavy atom. The van der Waals surface area contributed by atoms with Crippen molar-refractivity contribution in [1.29, 1.82) is 0 Å². The van der Waals surface area contributed by atoms with E-state index in [1.165, 1.54) is 22.4 Å². The van der Waals surface area contributed by atoms with Crippen molar-refractivity contribution in [1.82, 2.24) is 4.57 Å². The summed E-state index contributed by atoms with van der Waals surface area (Å²) in [4.78, 5) is 11.5. The van der Waals surface area contributed by atoms with E-state index in [0.717, 1.165) is 29.4 Å². The Morgan fingerprint density at radius 1 is 0.923 bits per heavy atom. The molecule has 3 heteroatoms. The molecule has 1 aliphatic heterocycles. The van der Waals surface area contributed by atoms with Crippen LogP contribution in [-0.4, -0.2) is 15.6 Å². The fraction of sp³-hybridized carbons (Fsp3) is 0.0870. The molecule has 0 aliphatic carbocycles. The molecule has 1 aliphatic rings. The second-order valence-corrected chi connectivity index (χ2v) is 6.69. The van der Waals surface area contributed by atoms with Crippen LogP contribution in [0.3, 0.4) is 0 Å². The van der Waals surface area contributed by atoms with Gasteiger partial charge in [0.2, 0.25) is 0 Å². The molecule has 1 N–H and O–H groups in total. The Hall–Kier alpha value is -3.33. The SMILES string of the molecule is O=C(O)c1ccc2c(-c3ccccc3)c3n(c2c1)CCc1ccccc1-3. The predicted octanol–water partition coefficient (Wildman–Crippen LogP) is 5.23. The van der Waals surface area contributed by atoms with E-state index in [0.29, 0.717) is 5.56 Å². The molecule has 0 bridgehead atoms. The van der Waals surface area contributed by atoms with Crippen molar-refractivity contribution in [2.75, 3.05) is 0 Å². The van der Waals surface area contributed by atoms with Gasteiger partial charge in [0.05, 0.1) is 16.8 Å². The zero-order valence-electron chi connectivity index (χ0n) is 14.1. The minimum Gasteiger partial charge on any atom is -0.478 e. The van der Waals surface area contributed by atoms with E-state index in [-0.39, 0.29) is 0 Å². The molecule has 0 spiro atoms. The molecule has 2 heterocycles. The number of carboxylic acid groups (broad SMARTS) is 1. The van der Waals surface area contributed by atoms with Gasteiger partial charge in [0.15, 0.2) is 0 Å². The Bertz CT molecular complexity index is 1160. The molecule has 0 amide bonds. The highest BCUT2D eigenvalue weighted by Crippen LogP contribution is 2.44. The van der Waals surface area contributed by atoms with Crippen LogP contribution in [0.5, 0.6) is 0 Å². The lowest BCUT2D eigenvalue weighted by Gasteiger charge is -2.21. The summed E-state index contributed by atoms with van der Waals surface area (Å²) in [5, 5.41) is 10.5. The van der Waals surface area contributed by atoms with Gasteiger partial charge in [-0.2, -0.15) is 0 Å². The van der Waals surface area contributed by atoms with Crippen LogP contribution in [0.25, 0.3) is 33.3 Å². The molecular weight excluding hydrogens is 322 g/mol. The Labute approximate surface area is 151 Å². The summed E-state index contributed by atoms with van der Waals surface area (Å²) in [6, 6.07) is 24.3. The summed E-state index contributed by atoms with van der Waals surface area (Å²) in [5.74, 6) is -0.889. The van der Waals surface area contributed by atoms with Gasteiger partial charge in [0.1, 0.15) is 0 Å². The lowest BCUT2D eigenvalue weighted by Crippen LogP contribution is -2.10. The van der Waals surface area contributed by atoms with E-state index in [4.69, 9.17) is 0 Å². The molecule has 3 aromatic carbocycles. The number of rotatable bonds is 2. The number of aryl methyl sites for hydroxylation is 2. The number of fused-ring (bicyclic) bond motifs is 5. The molecule has 126 valence electrons. The first-order valence-electron chi connectivity index (χ1n) is 8.77. The van der Waals surface area contributed by atoms with Crippen molar-refractivity contribution in [2.45, 2.75) is 13.0 Å². The van der Waals surface area contributed by atoms with Crippen LogP contribution in [0.4, 0.5) is 0 Å². The minimum absolute atomic E-state index is 0.330. The van der Waals surface area contributed by atoms with Crippen LogP contribution in [0.15, 0.2) is 72.8 Å². The summed E-state index contributed by atoms with van der Waals surface area (Å²) in [7, 11) is 0. The van der Waals surface area contributed by atoms with Crippen LogP contribution in [0.1, 0.15) is 15.9 Å². The van der Waals surface area contributed by atoms with Crippen molar-refractivity contribution in [3.8, 4) is 22.4 Å². The summed E-state index contributed by atoms with van der Waals surface area (Å²) < 4.78 is 2.28. The maximum Gasteiger partial charge on any atom is 0.335 e. The fourth-order valence-corrected chi connectivity index (χ4v) is 4.09. The van der Waals surface area contributed by atoms with Gasteiger partial charge in [-0.05, 0) is 29.7 Å². The number of nitrogens with zero attached hydrogens (tertiary/aromatic N) is 1. The largest absolute Gasteiger partial charge is 0.478 e. The zero-order valence-corrected chi connectivity index (χ0v) is 14.1. The highest BCUT2D eigenvalue weighted by Gasteiger charge is 2.25. The molecule has 26 heavy (non-hydrogen) atoms. The van der Waals surface area contributed by atoms with Gasteiger partial charge in [-0.15, -0.1) is 0 Å². The lowest BCUT2D eigenvalue weighted by molar-refractivity contribution is 0.0697. The molecule has 3 nitrogen and oxygen atoms in total. The smallest absolute Gasteiger partial charge is 0.335 e. The molecular formula is C23H17NO2. The molecule has 4 aromatic rings. The van der Waals surface area contributed by atoms with E-state index in [1.54, 1.807) is 6.07 Å². The molecule has 0 atom stereocenters. The van der Waals surface area contributed by atoms with Crippen molar-refractivity contribution in [3.05, 3.63) is 83.9 Å². The normalized spacial score (nSPS) is 12.6. The van der Waals surface area contributed by atoms with Crippen molar-refractivity contribution >= 4 is 16.9 Å². The van der Waals surface area contributed by atoms with Crippen molar-refractivity contribution in [2.24, 2.45) is 0 Å². The van der Waals surface area contributed by atoms with Gasteiger partial charge in [-0.3, -0.25) is 0 Å². The Kier molecular flexibility index (Phi) is 3.22. The first kappa shape index (κ1) is 15.0. The second kappa shape index (κ2) is 5.60. The monoisotopic (exact) mass is 339 g/mol. The molecule has 5 rings (SSSR count). The number of benzene rings is 3. The van der Waals surface area contributed by atoms with Crippen LogP contribution >= 0.6 is 0 Å². The van der Waals surface area contributed by atoms with E-state index >= 15 is 0 Å². The molecule has 0 saturated carbocycles. The molecule has 0 unspecified atom stereocenters. The van der Waals surface area contributed by atoms with Crippen LogP contribution in [0.2, 0.25) is 0 Å². The average molecular weight is 339 g/mol. The number of hydrogen-bond acceptors (Lipinski definition) is 1. The Morgan fingerprint density at radius 3 is 2.50 bits per heavy atom. The van der Waals surface area contributed by atoms with Crippen LogP contribution < -0.4 is 0 Å². The Balaban J connectivity index is 1.92. The van der Waals surface area contributed by atoms with E-state index in [2.05, 4.69) is 41.0 Å². The number of aromatic carboxylic acids is 1. The highest BCUT2D eigenvalue weighted by molar-refractivity contribution is 6.07. The first-order chi connectivity index (χ1) is 12.7. The van der Waals surface area contributed by atoms with Crippen molar-refractivity contribution in [3.63, 3.8) is 0 Å². The van der Waals surface area contributed by atoms with Crippen LogP contribution in [-0.2, 0) is 13.0 Å².